The van der Waals surface area contributed by atoms with Gasteiger partial charge in [-0.3, -0.25) is 0 Å². The first kappa shape index (κ1) is 13.1. The van der Waals surface area contributed by atoms with Crippen molar-refractivity contribution in [2.45, 2.75) is 6.92 Å². The maximum atomic E-state index is 9.17. The van der Waals surface area contributed by atoms with E-state index in [4.69, 9.17) is 5.26 Å². The summed E-state index contributed by atoms with van der Waals surface area (Å²) in [5.41, 5.74) is 3.55. The number of aromatic nitrogens is 1. The smallest absolute Gasteiger partial charge is 0.188 e. The summed E-state index contributed by atoms with van der Waals surface area (Å²) >= 11 is 4.95. The molecular weight excluding hydrogens is 334 g/mol. The fourth-order valence-corrected chi connectivity index (χ4v) is 3.26. The predicted molar refractivity (Wildman–Crippen MR) is 86.5 cm³/mol. The monoisotopic (exact) mass is 343 g/mol. The fraction of sp³-hybridized carbons (Fsp3) is 0.0667. The first-order chi connectivity index (χ1) is 9.65. The summed E-state index contributed by atoms with van der Waals surface area (Å²) in [6, 6.07) is 13.9. The van der Waals surface area contributed by atoms with Gasteiger partial charge in [-0.1, -0.05) is 33.3 Å². The van der Waals surface area contributed by atoms with E-state index >= 15 is 0 Å². The number of halogens is 1. The van der Waals surface area contributed by atoms with E-state index in [2.05, 4.69) is 45.3 Å². The van der Waals surface area contributed by atoms with E-state index in [0.717, 1.165) is 25.5 Å². The molecule has 5 heteroatoms. The van der Waals surface area contributed by atoms with Crippen LogP contribution in [0.4, 0.5) is 10.8 Å². The third-order valence-electron chi connectivity index (χ3n) is 2.89. The van der Waals surface area contributed by atoms with Gasteiger partial charge in [0.2, 0.25) is 0 Å². The van der Waals surface area contributed by atoms with Gasteiger partial charge in [-0.05, 0) is 42.8 Å². The number of benzene rings is 2. The van der Waals surface area contributed by atoms with Crippen LogP contribution >= 0.6 is 27.3 Å². The zero-order valence-electron chi connectivity index (χ0n) is 10.6. The number of fused-ring (bicyclic) bond motifs is 1. The van der Waals surface area contributed by atoms with Crippen LogP contribution in [0.15, 0.2) is 40.9 Å². The minimum Gasteiger partial charge on any atom is -0.330 e. The van der Waals surface area contributed by atoms with Gasteiger partial charge in [0.15, 0.2) is 5.13 Å². The molecule has 0 atom stereocenters. The molecule has 1 aromatic heterocycles. The Kier molecular flexibility index (Phi) is 3.43. The van der Waals surface area contributed by atoms with Gasteiger partial charge in [-0.15, -0.1) is 0 Å². The van der Waals surface area contributed by atoms with Crippen LogP contribution < -0.4 is 5.32 Å². The molecule has 1 heterocycles. The molecule has 3 rings (SSSR count). The van der Waals surface area contributed by atoms with Gasteiger partial charge < -0.3 is 5.32 Å². The summed E-state index contributed by atoms with van der Waals surface area (Å²) in [6.45, 7) is 2.06. The number of thiazole rings is 1. The van der Waals surface area contributed by atoms with Crippen LogP contribution in [-0.4, -0.2) is 4.98 Å². The highest BCUT2D eigenvalue weighted by Crippen LogP contribution is 2.30. The molecule has 0 radical (unpaired) electrons. The molecule has 0 bridgehead atoms. The molecule has 2 aromatic carbocycles. The second-order valence-electron chi connectivity index (χ2n) is 4.42. The lowest BCUT2D eigenvalue weighted by atomic mass is 10.2. The fourth-order valence-electron chi connectivity index (χ4n) is 1.92. The number of nitrogens with zero attached hydrogens (tertiary/aromatic N) is 2. The quantitative estimate of drug-likeness (QED) is 0.713. The van der Waals surface area contributed by atoms with Crippen molar-refractivity contribution in [3.05, 3.63) is 52.0 Å². The van der Waals surface area contributed by atoms with Crippen molar-refractivity contribution < 1.29 is 0 Å². The van der Waals surface area contributed by atoms with Crippen molar-refractivity contribution >= 4 is 48.3 Å². The van der Waals surface area contributed by atoms with Gasteiger partial charge in [0.05, 0.1) is 21.5 Å². The van der Waals surface area contributed by atoms with E-state index < -0.39 is 0 Å². The van der Waals surface area contributed by atoms with Crippen molar-refractivity contribution in [3.8, 4) is 6.07 Å². The molecule has 3 aromatic rings. The van der Waals surface area contributed by atoms with Crippen molar-refractivity contribution in [2.24, 2.45) is 0 Å². The van der Waals surface area contributed by atoms with Crippen LogP contribution in [0.2, 0.25) is 0 Å². The number of nitrogens with one attached hydrogen (secondary N) is 1. The summed E-state index contributed by atoms with van der Waals surface area (Å²) in [4.78, 5) is 4.53. The number of rotatable bonds is 2. The number of hydrogen-bond acceptors (Lipinski definition) is 4. The summed E-state index contributed by atoms with van der Waals surface area (Å²) in [7, 11) is 0. The molecule has 0 saturated carbocycles. The maximum absolute atomic E-state index is 9.17. The van der Waals surface area contributed by atoms with E-state index in [9.17, 15) is 0 Å². The number of aryl methyl sites for hydroxylation is 1. The Morgan fingerprint density at radius 1 is 1.25 bits per heavy atom. The summed E-state index contributed by atoms with van der Waals surface area (Å²) in [6.07, 6.45) is 0. The first-order valence-electron chi connectivity index (χ1n) is 5.99. The highest BCUT2D eigenvalue weighted by atomic mass is 79.9. The van der Waals surface area contributed by atoms with Crippen LogP contribution in [-0.2, 0) is 0 Å². The largest absolute Gasteiger partial charge is 0.330 e. The molecule has 0 aliphatic heterocycles. The van der Waals surface area contributed by atoms with Crippen LogP contribution in [0.3, 0.4) is 0 Å². The molecule has 3 nitrogen and oxygen atoms in total. The highest BCUT2D eigenvalue weighted by Gasteiger charge is 2.07. The van der Waals surface area contributed by atoms with E-state index in [1.165, 1.54) is 5.56 Å². The van der Waals surface area contributed by atoms with E-state index in [0.29, 0.717) is 5.56 Å². The van der Waals surface area contributed by atoms with Crippen LogP contribution in [0.1, 0.15) is 11.1 Å². The molecular formula is C15H10BrN3S. The normalized spacial score (nSPS) is 10.4. The maximum Gasteiger partial charge on any atom is 0.188 e. The molecule has 0 fully saturated rings. The third kappa shape index (κ3) is 2.53. The first-order valence-corrected chi connectivity index (χ1v) is 7.60. The average molecular weight is 344 g/mol. The Labute approximate surface area is 129 Å². The van der Waals surface area contributed by atoms with Gasteiger partial charge in [0.1, 0.15) is 6.07 Å². The van der Waals surface area contributed by atoms with Gasteiger partial charge in [-0.2, -0.15) is 5.26 Å². The van der Waals surface area contributed by atoms with Gasteiger partial charge in [0, 0.05) is 4.47 Å². The zero-order valence-corrected chi connectivity index (χ0v) is 13.0. The lowest BCUT2D eigenvalue weighted by molar-refractivity contribution is 1.41. The Morgan fingerprint density at radius 2 is 2.10 bits per heavy atom. The molecule has 0 saturated heterocycles. The SMILES string of the molecule is Cc1ccc2nc(Nc3ccc(Br)cc3C#N)sc2c1. The Bertz CT molecular complexity index is 833. The van der Waals surface area contributed by atoms with Crippen LogP contribution in [0.5, 0.6) is 0 Å². The summed E-state index contributed by atoms with van der Waals surface area (Å²) in [5.74, 6) is 0. The van der Waals surface area contributed by atoms with Crippen molar-refractivity contribution in [1.29, 1.82) is 5.26 Å². The Balaban J connectivity index is 1.99. The average Bonchev–Trinajstić information content (AvgIpc) is 2.82. The lowest BCUT2D eigenvalue weighted by Gasteiger charge is -2.04. The number of anilines is 2. The predicted octanol–water partition coefficient (Wildman–Crippen LogP) is 4.98. The minimum absolute atomic E-state index is 0.592. The molecule has 0 aliphatic carbocycles. The Morgan fingerprint density at radius 3 is 2.90 bits per heavy atom. The van der Waals surface area contributed by atoms with Gasteiger partial charge in [0.25, 0.3) is 0 Å². The molecule has 0 amide bonds. The molecule has 20 heavy (non-hydrogen) atoms. The summed E-state index contributed by atoms with van der Waals surface area (Å²) < 4.78 is 2.03. The molecule has 0 spiro atoms. The second-order valence-corrected chi connectivity index (χ2v) is 6.36. The third-order valence-corrected chi connectivity index (χ3v) is 4.31. The molecule has 98 valence electrons. The van der Waals surface area contributed by atoms with E-state index in [1.807, 2.05) is 24.3 Å². The number of hydrogen-bond donors (Lipinski definition) is 1. The standard InChI is InChI=1S/C15H10BrN3S/c1-9-2-4-13-14(6-9)20-15(19-13)18-12-5-3-11(16)7-10(12)8-17/h2-7H,1H3,(H,18,19). The van der Waals surface area contributed by atoms with E-state index in [-0.39, 0.29) is 0 Å². The van der Waals surface area contributed by atoms with Crippen molar-refractivity contribution in [3.63, 3.8) is 0 Å². The van der Waals surface area contributed by atoms with Crippen LogP contribution in [0, 0.1) is 18.3 Å². The number of nitriles is 1. The lowest BCUT2D eigenvalue weighted by Crippen LogP contribution is -1.92. The molecule has 0 aliphatic rings. The zero-order chi connectivity index (χ0) is 14.1. The van der Waals surface area contributed by atoms with Gasteiger partial charge in [-0.25, -0.2) is 4.98 Å². The second kappa shape index (κ2) is 5.23. The summed E-state index contributed by atoms with van der Waals surface area (Å²) in [5, 5.41) is 13.2. The topological polar surface area (TPSA) is 48.7 Å². The minimum atomic E-state index is 0.592. The molecule has 1 N–H and O–H groups in total. The Hall–Kier alpha value is -1.90. The van der Waals surface area contributed by atoms with E-state index in [1.54, 1.807) is 17.4 Å². The van der Waals surface area contributed by atoms with Crippen LogP contribution in [0.25, 0.3) is 10.2 Å². The highest BCUT2D eigenvalue weighted by molar-refractivity contribution is 9.10. The van der Waals surface area contributed by atoms with Gasteiger partial charge >= 0.3 is 0 Å². The molecule has 0 unspecified atom stereocenters. The van der Waals surface area contributed by atoms with Crippen molar-refractivity contribution in [1.82, 2.24) is 4.98 Å². The van der Waals surface area contributed by atoms with Crippen molar-refractivity contribution in [2.75, 3.05) is 5.32 Å².